The third-order valence-electron chi connectivity index (χ3n) is 10.0. The average molecular weight is 766 g/mol. The van der Waals surface area contributed by atoms with Crippen molar-refractivity contribution in [2.45, 2.75) is 76.6 Å². The van der Waals surface area contributed by atoms with Gasteiger partial charge in [-0.25, -0.2) is 9.59 Å². The molecule has 294 valence electrons. The molecular formula is C48H51N3O6. The Hall–Kier alpha value is -6.22. The molecule has 9 nitrogen and oxygen atoms in total. The van der Waals surface area contributed by atoms with Gasteiger partial charge in [-0.3, -0.25) is 9.59 Å². The van der Waals surface area contributed by atoms with E-state index in [9.17, 15) is 19.2 Å². The van der Waals surface area contributed by atoms with Crippen LogP contribution in [0, 0.1) is 5.92 Å². The molecule has 0 bridgehead atoms. The SMILES string of the molecule is CC(C)C[C@H](NC(=O)C(CC(=O)NC(c1ccccc1)(c1ccccc1)c1ccccc1)NC(=O)OCC1c2ccccc2-c2ccccc21)C(=O)OC(C)(C)C. The van der Waals surface area contributed by atoms with Crippen LogP contribution >= 0.6 is 0 Å². The van der Waals surface area contributed by atoms with Crippen LogP contribution in [-0.2, 0) is 29.4 Å². The molecule has 9 heteroatoms. The molecule has 0 saturated heterocycles. The van der Waals surface area contributed by atoms with Crippen molar-refractivity contribution in [2.75, 3.05) is 6.61 Å². The molecule has 1 aliphatic rings. The Labute approximate surface area is 335 Å². The van der Waals surface area contributed by atoms with Crippen LogP contribution in [-0.4, -0.2) is 48.2 Å². The highest BCUT2D eigenvalue weighted by molar-refractivity contribution is 5.94. The first-order chi connectivity index (χ1) is 27.4. The van der Waals surface area contributed by atoms with E-state index in [1.54, 1.807) is 20.8 Å². The molecule has 1 aliphatic carbocycles. The van der Waals surface area contributed by atoms with Crippen LogP contribution in [0.5, 0.6) is 0 Å². The maximum absolute atomic E-state index is 14.5. The van der Waals surface area contributed by atoms with Crippen molar-refractivity contribution >= 4 is 23.9 Å². The fourth-order valence-corrected chi connectivity index (χ4v) is 7.55. The van der Waals surface area contributed by atoms with Gasteiger partial charge in [-0.1, -0.05) is 153 Å². The number of alkyl carbamates (subject to hydrolysis) is 1. The van der Waals surface area contributed by atoms with Gasteiger partial charge >= 0.3 is 12.1 Å². The van der Waals surface area contributed by atoms with E-state index < -0.39 is 53.5 Å². The van der Waals surface area contributed by atoms with Gasteiger partial charge in [-0.15, -0.1) is 0 Å². The number of benzene rings is 5. The minimum absolute atomic E-state index is 0.00735. The molecule has 57 heavy (non-hydrogen) atoms. The second kappa shape index (κ2) is 17.7. The molecule has 0 saturated carbocycles. The van der Waals surface area contributed by atoms with Crippen molar-refractivity contribution in [1.29, 1.82) is 0 Å². The molecule has 5 aromatic carbocycles. The van der Waals surface area contributed by atoms with Crippen LogP contribution in [0.15, 0.2) is 140 Å². The van der Waals surface area contributed by atoms with Gasteiger partial charge < -0.3 is 25.4 Å². The molecule has 0 spiro atoms. The van der Waals surface area contributed by atoms with E-state index in [0.717, 1.165) is 38.9 Å². The first kappa shape index (κ1) is 40.4. The average Bonchev–Trinajstić information content (AvgIpc) is 3.52. The maximum Gasteiger partial charge on any atom is 0.407 e. The summed E-state index contributed by atoms with van der Waals surface area (Å²) in [6.45, 7) is 9.13. The number of rotatable bonds is 14. The van der Waals surface area contributed by atoms with Gasteiger partial charge in [0.05, 0.1) is 6.42 Å². The number of nitrogens with one attached hydrogen (secondary N) is 3. The van der Waals surface area contributed by atoms with Crippen LogP contribution in [0.3, 0.4) is 0 Å². The molecule has 2 atom stereocenters. The van der Waals surface area contributed by atoms with E-state index in [2.05, 4.69) is 16.0 Å². The molecule has 0 aliphatic heterocycles. The summed E-state index contributed by atoms with van der Waals surface area (Å²) in [5.41, 5.74) is 4.64. The summed E-state index contributed by atoms with van der Waals surface area (Å²) in [6.07, 6.45) is -1.06. The first-order valence-electron chi connectivity index (χ1n) is 19.5. The fourth-order valence-electron chi connectivity index (χ4n) is 7.55. The number of carbonyl (C=O) groups is 4. The number of hydrogen-bond acceptors (Lipinski definition) is 6. The second-order valence-corrected chi connectivity index (χ2v) is 15.8. The van der Waals surface area contributed by atoms with Gasteiger partial charge in [0.2, 0.25) is 11.8 Å². The summed E-state index contributed by atoms with van der Waals surface area (Å²) < 4.78 is 11.5. The molecular weight excluding hydrogens is 715 g/mol. The van der Waals surface area contributed by atoms with Gasteiger partial charge in [0.25, 0.3) is 0 Å². The monoisotopic (exact) mass is 765 g/mol. The summed E-state index contributed by atoms with van der Waals surface area (Å²) in [7, 11) is 0. The predicted molar refractivity (Wildman–Crippen MR) is 221 cm³/mol. The lowest BCUT2D eigenvalue weighted by molar-refractivity contribution is -0.159. The van der Waals surface area contributed by atoms with Crippen molar-refractivity contribution in [3.05, 3.63) is 167 Å². The van der Waals surface area contributed by atoms with Crippen molar-refractivity contribution in [2.24, 2.45) is 5.92 Å². The smallest absolute Gasteiger partial charge is 0.407 e. The number of ether oxygens (including phenoxy) is 2. The Kier molecular flexibility index (Phi) is 12.6. The molecule has 0 fully saturated rings. The zero-order valence-corrected chi connectivity index (χ0v) is 33.2. The molecule has 0 aromatic heterocycles. The highest BCUT2D eigenvalue weighted by atomic mass is 16.6. The van der Waals surface area contributed by atoms with Gasteiger partial charge in [0.1, 0.15) is 29.8 Å². The topological polar surface area (TPSA) is 123 Å². The van der Waals surface area contributed by atoms with E-state index in [4.69, 9.17) is 9.47 Å². The Bertz CT molecular complexity index is 2020. The Morgan fingerprint density at radius 3 is 1.53 bits per heavy atom. The van der Waals surface area contributed by atoms with E-state index in [0.29, 0.717) is 0 Å². The van der Waals surface area contributed by atoms with Crippen LogP contribution in [0.2, 0.25) is 0 Å². The molecule has 5 aromatic rings. The summed E-state index contributed by atoms with van der Waals surface area (Å²) >= 11 is 0. The molecule has 6 rings (SSSR count). The number of carbonyl (C=O) groups excluding carboxylic acids is 4. The summed E-state index contributed by atoms with van der Waals surface area (Å²) in [5.74, 6) is -2.05. The van der Waals surface area contributed by atoms with E-state index in [-0.39, 0.29) is 24.9 Å². The van der Waals surface area contributed by atoms with Crippen LogP contribution in [0.25, 0.3) is 11.1 Å². The summed E-state index contributed by atoms with van der Waals surface area (Å²) in [6, 6.07) is 42.4. The first-order valence-corrected chi connectivity index (χ1v) is 19.5. The third-order valence-corrected chi connectivity index (χ3v) is 10.0. The van der Waals surface area contributed by atoms with Crippen molar-refractivity contribution < 1.29 is 28.7 Å². The number of amides is 3. The Balaban J connectivity index is 1.30. The van der Waals surface area contributed by atoms with Crippen molar-refractivity contribution in [3.8, 4) is 11.1 Å². The lowest BCUT2D eigenvalue weighted by Gasteiger charge is -2.37. The van der Waals surface area contributed by atoms with Crippen molar-refractivity contribution in [1.82, 2.24) is 16.0 Å². The molecule has 3 amide bonds. The molecule has 0 heterocycles. The molecule has 1 unspecified atom stereocenters. The summed E-state index contributed by atoms with van der Waals surface area (Å²) in [4.78, 5) is 55.9. The molecule has 0 radical (unpaired) electrons. The van der Waals surface area contributed by atoms with Crippen LogP contribution in [0.1, 0.15) is 81.2 Å². The largest absolute Gasteiger partial charge is 0.458 e. The van der Waals surface area contributed by atoms with E-state index >= 15 is 0 Å². The summed E-state index contributed by atoms with van der Waals surface area (Å²) in [5, 5.41) is 8.76. The van der Waals surface area contributed by atoms with Crippen LogP contribution in [0.4, 0.5) is 4.79 Å². The minimum atomic E-state index is -1.42. The predicted octanol–water partition coefficient (Wildman–Crippen LogP) is 8.26. The number of fused-ring (bicyclic) bond motifs is 3. The number of esters is 1. The Morgan fingerprint density at radius 1 is 0.614 bits per heavy atom. The zero-order valence-electron chi connectivity index (χ0n) is 33.2. The normalized spacial score (nSPS) is 13.4. The highest BCUT2D eigenvalue weighted by Crippen LogP contribution is 2.44. The van der Waals surface area contributed by atoms with Gasteiger partial charge in [0.15, 0.2) is 0 Å². The van der Waals surface area contributed by atoms with Crippen molar-refractivity contribution in [3.63, 3.8) is 0 Å². The number of hydrogen-bond donors (Lipinski definition) is 3. The highest BCUT2D eigenvalue weighted by Gasteiger charge is 2.40. The minimum Gasteiger partial charge on any atom is -0.458 e. The second-order valence-electron chi connectivity index (χ2n) is 15.8. The van der Waals surface area contributed by atoms with Gasteiger partial charge in [-0.05, 0) is 72.1 Å². The van der Waals surface area contributed by atoms with E-state index in [1.165, 1.54) is 0 Å². The van der Waals surface area contributed by atoms with Crippen LogP contribution < -0.4 is 16.0 Å². The quantitative estimate of drug-likeness (QED) is 0.0773. The van der Waals surface area contributed by atoms with E-state index in [1.807, 2.05) is 153 Å². The van der Waals surface area contributed by atoms with Gasteiger partial charge in [0, 0.05) is 5.92 Å². The third kappa shape index (κ3) is 9.60. The molecule has 3 N–H and O–H groups in total. The standard InChI is InChI=1S/C48H51N3O6/c1-32(2)29-42(45(54)57-47(3,4)5)49-44(53)41(50-46(55)56-31-40-38-27-17-15-25-36(38)37-26-16-18-28-39(37)40)30-43(52)51-48(33-19-9-6-10-20-33,34-21-11-7-12-22-34)35-23-13-8-14-24-35/h6-28,32,40-42H,29-31H2,1-5H3,(H,49,53)(H,50,55)(H,51,52)/t41?,42-/m0/s1. The fraction of sp³-hybridized carbons (Fsp3) is 0.292. The van der Waals surface area contributed by atoms with Gasteiger partial charge in [-0.2, -0.15) is 0 Å². The zero-order chi connectivity index (χ0) is 40.6. The lowest BCUT2D eigenvalue weighted by Crippen LogP contribution is -2.55. The lowest BCUT2D eigenvalue weighted by atomic mass is 9.77. The Morgan fingerprint density at radius 2 is 1.07 bits per heavy atom. The maximum atomic E-state index is 14.5.